The van der Waals surface area contributed by atoms with E-state index >= 15 is 0 Å². The Kier molecular flexibility index (Phi) is 12.8. The van der Waals surface area contributed by atoms with Crippen LogP contribution in [0.5, 0.6) is 0 Å². The SMILES string of the molecule is CCCCCC(=O)/C=C\C1CCC(OC2CCCCO2)C1C/C=C/CCCC(=O)OC. The van der Waals surface area contributed by atoms with Crippen molar-refractivity contribution < 1.29 is 23.8 Å². The predicted molar refractivity (Wildman–Crippen MR) is 123 cm³/mol. The number of ketones is 1. The summed E-state index contributed by atoms with van der Waals surface area (Å²) in [5.41, 5.74) is 0. The van der Waals surface area contributed by atoms with E-state index in [9.17, 15) is 9.59 Å². The summed E-state index contributed by atoms with van der Waals surface area (Å²) in [7, 11) is 1.43. The molecule has 5 nitrogen and oxygen atoms in total. The van der Waals surface area contributed by atoms with Crippen LogP contribution in [0.15, 0.2) is 24.3 Å². The van der Waals surface area contributed by atoms with Gasteiger partial charge < -0.3 is 14.2 Å². The summed E-state index contributed by atoms with van der Waals surface area (Å²) in [5.74, 6) is 0.815. The summed E-state index contributed by atoms with van der Waals surface area (Å²) < 4.78 is 16.9. The zero-order valence-electron chi connectivity index (χ0n) is 19.6. The number of allylic oxidation sites excluding steroid dienone is 4. The van der Waals surface area contributed by atoms with E-state index in [1.165, 1.54) is 7.11 Å². The zero-order chi connectivity index (χ0) is 22.3. The van der Waals surface area contributed by atoms with Gasteiger partial charge in [-0.15, -0.1) is 0 Å². The van der Waals surface area contributed by atoms with Gasteiger partial charge in [0.15, 0.2) is 12.1 Å². The highest BCUT2D eigenvalue weighted by Crippen LogP contribution is 2.39. The van der Waals surface area contributed by atoms with Crippen LogP contribution in [0.1, 0.15) is 90.4 Å². The number of methoxy groups -OCH3 is 1. The van der Waals surface area contributed by atoms with E-state index in [0.717, 1.165) is 77.2 Å². The topological polar surface area (TPSA) is 61.8 Å². The fraction of sp³-hybridized carbons (Fsp3) is 0.769. The highest BCUT2D eigenvalue weighted by atomic mass is 16.7. The van der Waals surface area contributed by atoms with E-state index in [1.54, 1.807) is 0 Å². The molecule has 0 aromatic carbocycles. The third-order valence-electron chi connectivity index (χ3n) is 6.39. The highest BCUT2D eigenvalue weighted by Gasteiger charge is 2.36. The van der Waals surface area contributed by atoms with Crippen molar-refractivity contribution in [1.29, 1.82) is 0 Å². The second-order valence-corrected chi connectivity index (χ2v) is 8.83. The molecule has 1 saturated heterocycles. The molecule has 2 fully saturated rings. The van der Waals surface area contributed by atoms with E-state index in [4.69, 9.17) is 9.47 Å². The molecule has 1 aliphatic heterocycles. The smallest absolute Gasteiger partial charge is 0.305 e. The van der Waals surface area contributed by atoms with Crippen molar-refractivity contribution in [3.8, 4) is 0 Å². The first kappa shape index (κ1) is 25.8. The Morgan fingerprint density at radius 3 is 2.65 bits per heavy atom. The monoisotopic (exact) mass is 434 g/mol. The quantitative estimate of drug-likeness (QED) is 0.147. The number of rotatable bonds is 14. The average Bonchev–Trinajstić information content (AvgIpc) is 3.16. The minimum atomic E-state index is -0.154. The van der Waals surface area contributed by atoms with Crippen LogP contribution >= 0.6 is 0 Å². The standard InChI is InChI=1S/C26H42O5/c1-3-4-7-12-22(27)18-16-21-17-19-24(31-26-15-10-11-20-30-26)23(21)13-8-5-6-9-14-25(28)29-2/h5,8,16,18,21,23-24,26H,3-4,6-7,9-15,17,19-20H2,1-2H3/b8-5+,18-16-. The molecule has 0 aromatic rings. The summed E-state index contributed by atoms with van der Waals surface area (Å²) in [6.45, 7) is 2.94. The molecule has 5 heteroatoms. The Labute approximate surface area is 188 Å². The van der Waals surface area contributed by atoms with Crippen molar-refractivity contribution in [1.82, 2.24) is 0 Å². The van der Waals surface area contributed by atoms with Gasteiger partial charge in [0.2, 0.25) is 0 Å². The Bertz CT molecular complexity index is 576. The minimum absolute atomic E-state index is 0.0799. The lowest BCUT2D eigenvalue weighted by Crippen LogP contribution is -2.31. The van der Waals surface area contributed by atoms with Crippen LogP contribution in [0, 0.1) is 11.8 Å². The van der Waals surface area contributed by atoms with Crippen LogP contribution in [0.2, 0.25) is 0 Å². The van der Waals surface area contributed by atoms with Crippen molar-refractivity contribution in [3.63, 3.8) is 0 Å². The van der Waals surface area contributed by atoms with Gasteiger partial charge in [-0.3, -0.25) is 9.59 Å². The van der Waals surface area contributed by atoms with Crippen LogP contribution in [0.25, 0.3) is 0 Å². The molecule has 4 unspecified atom stereocenters. The molecule has 4 atom stereocenters. The van der Waals surface area contributed by atoms with E-state index in [0.29, 0.717) is 24.7 Å². The van der Waals surface area contributed by atoms with Crippen LogP contribution < -0.4 is 0 Å². The fourth-order valence-corrected chi connectivity index (χ4v) is 4.51. The van der Waals surface area contributed by atoms with Gasteiger partial charge in [0, 0.05) is 19.4 Å². The lowest BCUT2D eigenvalue weighted by Gasteiger charge is -2.29. The van der Waals surface area contributed by atoms with Gasteiger partial charge >= 0.3 is 5.97 Å². The summed E-state index contributed by atoms with van der Waals surface area (Å²) in [5, 5.41) is 0. The zero-order valence-corrected chi connectivity index (χ0v) is 19.6. The summed E-state index contributed by atoms with van der Waals surface area (Å²) in [4.78, 5) is 23.4. The Morgan fingerprint density at radius 1 is 1.03 bits per heavy atom. The summed E-state index contributed by atoms with van der Waals surface area (Å²) >= 11 is 0. The van der Waals surface area contributed by atoms with Crippen molar-refractivity contribution >= 4 is 11.8 Å². The van der Waals surface area contributed by atoms with Crippen molar-refractivity contribution in [2.24, 2.45) is 11.8 Å². The van der Waals surface area contributed by atoms with Gasteiger partial charge in [-0.25, -0.2) is 0 Å². The fourth-order valence-electron chi connectivity index (χ4n) is 4.51. The first-order chi connectivity index (χ1) is 15.1. The molecule has 0 radical (unpaired) electrons. The van der Waals surface area contributed by atoms with Crippen molar-refractivity contribution in [2.45, 2.75) is 103 Å². The van der Waals surface area contributed by atoms with Crippen molar-refractivity contribution in [2.75, 3.05) is 13.7 Å². The van der Waals surface area contributed by atoms with Gasteiger partial charge in [-0.1, -0.05) is 38.0 Å². The molecule has 0 amide bonds. The van der Waals surface area contributed by atoms with Crippen molar-refractivity contribution in [3.05, 3.63) is 24.3 Å². The van der Waals surface area contributed by atoms with E-state index < -0.39 is 0 Å². The maximum Gasteiger partial charge on any atom is 0.305 e. The van der Waals surface area contributed by atoms with Gasteiger partial charge in [0.05, 0.1) is 13.2 Å². The van der Waals surface area contributed by atoms with Crippen LogP contribution in [-0.4, -0.2) is 37.9 Å². The predicted octanol–water partition coefficient (Wildman–Crippen LogP) is 5.92. The summed E-state index contributed by atoms with van der Waals surface area (Å²) in [6.07, 6.45) is 20.7. The first-order valence-electron chi connectivity index (χ1n) is 12.3. The van der Waals surface area contributed by atoms with E-state index in [1.807, 2.05) is 6.08 Å². The van der Waals surface area contributed by atoms with Crippen LogP contribution in [0.4, 0.5) is 0 Å². The normalized spacial score (nSPS) is 26.6. The number of hydrogen-bond acceptors (Lipinski definition) is 5. The van der Waals surface area contributed by atoms with Crippen LogP contribution in [0.3, 0.4) is 0 Å². The number of ether oxygens (including phenoxy) is 3. The third kappa shape index (κ3) is 10.1. The van der Waals surface area contributed by atoms with Gasteiger partial charge in [-0.2, -0.15) is 0 Å². The highest BCUT2D eigenvalue weighted by molar-refractivity contribution is 5.89. The molecule has 1 heterocycles. The van der Waals surface area contributed by atoms with E-state index in [2.05, 4.69) is 29.9 Å². The minimum Gasteiger partial charge on any atom is -0.469 e. The number of unbranched alkanes of at least 4 members (excludes halogenated alkanes) is 3. The first-order valence-corrected chi connectivity index (χ1v) is 12.3. The van der Waals surface area contributed by atoms with E-state index in [-0.39, 0.29) is 24.1 Å². The third-order valence-corrected chi connectivity index (χ3v) is 6.39. The lowest BCUT2D eigenvalue weighted by atomic mass is 9.90. The molecule has 176 valence electrons. The Morgan fingerprint density at radius 2 is 1.90 bits per heavy atom. The maximum atomic E-state index is 12.2. The summed E-state index contributed by atoms with van der Waals surface area (Å²) in [6, 6.07) is 0. The largest absolute Gasteiger partial charge is 0.469 e. The molecule has 2 aliphatic rings. The second kappa shape index (κ2) is 15.4. The molecule has 0 N–H and O–H groups in total. The number of esters is 1. The molecule has 1 aliphatic carbocycles. The van der Waals surface area contributed by atoms with Gasteiger partial charge in [0.25, 0.3) is 0 Å². The van der Waals surface area contributed by atoms with Gasteiger partial charge in [0.1, 0.15) is 0 Å². The Balaban J connectivity index is 1.88. The molecule has 0 aromatic heterocycles. The Hall–Kier alpha value is -1.46. The number of carbonyl (C=O) groups is 2. The molecule has 2 rings (SSSR count). The average molecular weight is 435 g/mol. The van der Waals surface area contributed by atoms with Gasteiger partial charge in [-0.05, 0) is 75.7 Å². The molecule has 1 saturated carbocycles. The molecular formula is C26H42O5. The molecule has 0 bridgehead atoms. The number of carbonyl (C=O) groups excluding carboxylic acids is 2. The molecular weight excluding hydrogens is 392 g/mol. The van der Waals surface area contributed by atoms with Crippen LogP contribution in [-0.2, 0) is 23.8 Å². The number of hydrogen-bond donors (Lipinski definition) is 0. The maximum absolute atomic E-state index is 12.2. The molecule has 31 heavy (non-hydrogen) atoms. The lowest BCUT2D eigenvalue weighted by molar-refractivity contribution is -0.195. The second-order valence-electron chi connectivity index (χ2n) is 8.83. The molecule has 0 spiro atoms.